The van der Waals surface area contributed by atoms with E-state index in [2.05, 4.69) is 16.0 Å². The Balaban J connectivity index is 1.54. The molecule has 1 fully saturated rings. The highest BCUT2D eigenvalue weighted by molar-refractivity contribution is 5.95. The standard InChI is InChI=1S/C24H33N3O3/c1-4-29-22-10-9-19(18-23(22)30-5-2)24(28)26(3)21-12-16-27(17-13-21)15-11-20-8-6-7-14-25-20/h6-10,14,18,21H,4-5,11-13,15-17H2,1-3H3. The molecule has 1 aromatic heterocycles. The first-order valence-corrected chi connectivity index (χ1v) is 10.9. The SMILES string of the molecule is CCOc1ccc(C(=O)N(C)C2CCN(CCc3ccccn3)CC2)cc1OCC. The van der Waals surface area contributed by atoms with Crippen LogP contribution in [0.4, 0.5) is 0 Å². The second-order valence-electron chi connectivity index (χ2n) is 7.59. The number of amides is 1. The Bertz CT molecular complexity index is 805. The summed E-state index contributed by atoms with van der Waals surface area (Å²) < 4.78 is 11.3. The minimum absolute atomic E-state index is 0.0333. The van der Waals surface area contributed by atoms with Crippen LogP contribution in [0.1, 0.15) is 42.7 Å². The number of piperidine rings is 1. The Labute approximate surface area is 179 Å². The number of hydrogen-bond donors (Lipinski definition) is 0. The zero-order chi connectivity index (χ0) is 21.3. The van der Waals surface area contributed by atoms with Crippen LogP contribution in [0.15, 0.2) is 42.6 Å². The zero-order valence-corrected chi connectivity index (χ0v) is 18.3. The van der Waals surface area contributed by atoms with Crippen molar-refractivity contribution in [1.29, 1.82) is 0 Å². The van der Waals surface area contributed by atoms with E-state index in [4.69, 9.17) is 9.47 Å². The minimum Gasteiger partial charge on any atom is -0.490 e. The van der Waals surface area contributed by atoms with Crippen molar-refractivity contribution in [1.82, 2.24) is 14.8 Å². The van der Waals surface area contributed by atoms with Crippen LogP contribution in [0, 0.1) is 0 Å². The van der Waals surface area contributed by atoms with Crippen molar-refractivity contribution < 1.29 is 14.3 Å². The predicted molar refractivity (Wildman–Crippen MR) is 118 cm³/mol. The van der Waals surface area contributed by atoms with E-state index in [0.29, 0.717) is 30.3 Å². The number of likely N-dealkylation sites (tertiary alicyclic amines) is 1. The first-order chi connectivity index (χ1) is 14.6. The quantitative estimate of drug-likeness (QED) is 0.630. The molecule has 6 heteroatoms. The second-order valence-corrected chi connectivity index (χ2v) is 7.59. The number of benzene rings is 1. The first kappa shape index (κ1) is 22.1. The summed E-state index contributed by atoms with van der Waals surface area (Å²) in [5.41, 5.74) is 1.77. The Morgan fingerprint density at radius 2 is 1.83 bits per heavy atom. The molecule has 0 unspecified atom stereocenters. The average molecular weight is 412 g/mol. The molecule has 0 saturated carbocycles. The van der Waals surface area contributed by atoms with Crippen molar-refractivity contribution in [2.45, 2.75) is 39.2 Å². The molecule has 0 radical (unpaired) electrons. The highest BCUT2D eigenvalue weighted by Crippen LogP contribution is 2.29. The maximum Gasteiger partial charge on any atom is 0.253 e. The molecular weight excluding hydrogens is 378 g/mol. The van der Waals surface area contributed by atoms with Crippen molar-refractivity contribution in [3.63, 3.8) is 0 Å². The normalized spacial score (nSPS) is 15.0. The number of hydrogen-bond acceptors (Lipinski definition) is 5. The van der Waals surface area contributed by atoms with E-state index in [-0.39, 0.29) is 11.9 Å². The van der Waals surface area contributed by atoms with E-state index in [1.807, 2.05) is 56.3 Å². The summed E-state index contributed by atoms with van der Waals surface area (Å²) in [4.78, 5) is 21.8. The number of pyridine rings is 1. The van der Waals surface area contributed by atoms with Gasteiger partial charge in [0.05, 0.1) is 13.2 Å². The molecule has 0 N–H and O–H groups in total. The van der Waals surface area contributed by atoms with Gasteiger partial charge in [-0.25, -0.2) is 0 Å². The largest absolute Gasteiger partial charge is 0.490 e. The van der Waals surface area contributed by atoms with Gasteiger partial charge in [-0.05, 0) is 57.0 Å². The van der Waals surface area contributed by atoms with Gasteiger partial charge in [-0.1, -0.05) is 6.07 Å². The van der Waals surface area contributed by atoms with Crippen molar-refractivity contribution in [3.05, 3.63) is 53.9 Å². The zero-order valence-electron chi connectivity index (χ0n) is 18.3. The maximum absolute atomic E-state index is 13.1. The Morgan fingerprint density at radius 1 is 1.10 bits per heavy atom. The number of carbonyl (C=O) groups excluding carboxylic acids is 1. The van der Waals surface area contributed by atoms with Crippen LogP contribution in [0.5, 0.6) is 11.5 Å². The van der Waals surface area contributed by atoms with E-state index >= 15 is 0 Å². The van der Waals surface area contributed by atoms with Crippen molar-refractivity contribution in [3.8, 4) is 11.5 Å². The number of aromatic nitrogens is 1. The number of ether oxygens (including phenoxy) is 2. The second kappa shape index (κ2) is 11.0. The van der Waals surface area contributed by atoms with Gasteiger partial charge >= 0.3 is 0 Å². The summed E-state index contributed by atoms with van der Waals surface area (Å²) in [5.74, 6) is 1.34. The smallest absolute Gasteiger partial charge is 0.253 e. The molecule has 0 spiro atoms. The minimum atomic E-state index is 0.0333. The molecule has 30 heavy (non-hydrogen) atoms. The van der Waals surface area contributed by atoms with Crippen LogP contribution >= 0.6 is 0 Å². The number of carbonyl (C=O) groups is 1. The van der Waals surface area contributed by atoms with E-state index in [0.717, 1.165) is 44.6 Å². The average Bonchev–Trinajstić information content (AvgIpc) is 2.79. The summed E-state index contributed by atoms with van der Waals surface area (Å²) in [7, 11) is 1.91. The molecular formula is C24H33N3O3. The molecule has 1 aliphatic rings. The lowest BCUT2D eigenvalue weighted by Crippen LogP contribution is -2.46. The molecule has 0 atom stereocenters. The van der Waals surface area contributed by atoms with Gasteiger partial charge in [-0.15, -0.1) is 0 Å². The third kappa shape index (κ3) is 5.72. The van der Waals surface area contributed by atoms with Crippen LogP contribution in [0.2, 0.25) is 0 Å². The van der Waals surface area contributed by atoms with E-state index in [1.54, 1.807) is 6.07 Å². The molecule has 6 nitrogen and oxygen atoms in total. The van der Waals surface area contributed by atoms with Crippen LogP contribution in [-0.4, -0.2) is 66.6 Å². The first-order valence-electron chi connectivity index (χ1n) is 10.9. The third-order valence-electron chi connectivity index (χ3n) is 5.63. The van der Waals surface area contributed by atoms with Gasteiger partial charge in [0.1, 0.15) is 0 Å². The van der Waals surface area contributed by atoms with Gasteiger partial charge < -0.3 is 19.3 Å². The predicted octanol–water partition coefficient (Wildman–Crippen LogP) is 3.66. The molecule has 1 amide bonds. The Kier molecular flexibility index (Phi) is 8.08. The highest BCUT2D eigenvalue weighted by Gasteiger charge is 2.26. The van der Waals surface area contributed by atoms with Gasteiger partial charge in [-0.3, -0.25) is 9.78 Å². The molecule has 162 valence electrons. The lowest BCUT2D eigenvalue weighted by molar-refractivity contribution is 0.0643. The van der Waals surface area contributed by atoms with Crippen LogP contribution in [0.25, 0.3) is 0 Å². The fourth-order valence-corrected chi connectivity index (χ4v) is 3.90. The third-order valence-corrected chi connectivity index (χ3v) is 5.63. The monoisotopic (exact) mass is 411 g/mol. The summed E-state index contributed by atoms with van der Waals surface area (Å²) in [6.45, 7) is 7.98. The maximum atomic E-state index is 13.1. The van der Waals surface area contributed by atoms with Crippen molar-refractivity contribution >= 4 is 5.91 Å². The Morgan fingerprint density at radius 3 is 2.50 bits per heavy atom. The van der Waals surface area contributed by atoms with Gasteiger partial charge in [0.15, 0.2) is 11.5 Å². The summed E-state index contributed by atoms with van der Waals surface area (Å²) in [5, 5.41) is 0. The molecule has 2 heterocycles. The van der Waals surface area contributed by atoms with Gasteiger partial charge in [-0.2, -0.15) is 0 Å². The van der Waals surface area contributed by atoms with Crippen LogP contribution < -0.4 is 9.47 Å². The lowest BCUT2D eigenvalue weighted by Gasteiger charge is -2.36. The summed E-state index contributed by atoms with van der Waals surface area (Å²) in [6.07, 6.45) is 4.78. The molecule has 1 aliphatic heterocycles. The fraction of sp³-hybridized carbons (Fsp3) is 0.500. The van der Waals surface area contributed by atoms with E-state index < -0.39 is 0 Å². The van der Waals surface area contributed by atoms with E-state index in [1.165, 1.54) is 0 Å². The summed E-state index contributed by atoms with van der Waals surface area (Å²) in [6, 6.07) is 11.8. The number of nitrogens with zero attached hydrogens (tertiary/aromatic N) is 3. The number of rotatable bonds is 9. The van der Waals surface area contributed by atoms with E-state index in [9.17, 15) is 4.79 Å². The van der Waals surface area contributed by atoms with Gasteiger partial charge in [0, 0.05) is 56.6 Å². The molecule has 1 saturated heterocycles. The van der Waals surface area contributed by atoms with Crippen LogP contribution in [-0.2, 0) is 6.42 Å². The molecule has 3 rings (SSSR count). The molecule has 1 aromatic carbocycles. The lowest BCUT2D eigenvalue weighted by atomic mass is 10.0. The van der Waals surface area contributed by atoms with Crippen molar-refractivity contribution in [2.24, 2.45) is 0 Å². The van der Waals surface area contributed by atoms with Crippen LogP contribution in [0.3, 0.4) is 0 Å². The Hall–Kier alpha value is -2.60. The molecule has 2 aromatic rings. The highest BCUT2D eigenvalue weighted by atomic mass is 16.5. The van der Waals surface area contributed by atoms with Gasteiger partial charge in [0.2, 0.25) is 0 Å². The van der Waals surface area contributed by atoms with Crippen molar-refractivity contribution in [2.75, 3.05) is 39.9 Å². The summed E-state index contributed by atoms with van der Waals surface area (Å²) >= 11 is 0. The molecule has 0 aliphatic carbocycles. The topological polar surface area (TPSA) is 54.9 Å². The fourth-order valence-electron chi connectivity index (χ4n) is 3.90. The van der Waals surface area contributed by atoms with Gasteiger partial charge in [0.25, 0.3) is 5.91 Å². The molecule has 0 bridgehead atoms.